The summed E-state index contributed by atoms with van der Waals surface area (Å²) in [4.78, 5) is 9.32. The SMILES string of the molecule is Cl.NCCCC[N+](=O)[O-]. The van der Waals surface area contributed by atoms with Crippen molar-refractivity contribution in [2.75, 3.05) is 13.1 Å². The van der Waals surface area contributed by atoms with Crippen LogP contribution in [0.4, 0.5) is 0 Å². The first-order valence-electron chi connectivity index (χ1n) is 2.59. The lowest BCUT2D eigenvalue weighted by molar-refractivity contribution is -0.480. The van der Waals surface area contributed by atoms with E-state index in [9.17, 15) is 10.1 Å². The number of rotatable bonds is 4. The molecule has 0 aliphatic heterocycles. The van der Waals surface area contributed by atoms with Gasteiger partial charge in [-0.3, -0.25) is 10.1 Å². The molecule has 0 aromatic rings. The number of halogens is 1. The zero-order valence-corrected chi connectivity index (χ0v) is 5.89. The summed E-state index contributed by atoms with van der Waals surface area (Å²) in [6, 6.07) is 0. The van der Waals surface area contributed by atoms with Crippen LogP contribution in [0.15, 0.2) is 0 Å². The standard InChI is InChI=1S/C4H10N2O2.ClH/c5-3-1-2-4-6(7)8;/h1-5H2;1H. The van der Waals surface area contributed by atoms with E-state index in [4.69, 9.17) is 5.73 Å². The summed E-state index contributed by atoms with van der Waals surface area (Å²) in [6.45, 7) is 0.602. The predicted molar refractivity (Wildman–Crippen MR) is 37.4 cm³/mol. The highest BCUT2D eigenvalue weighted by atomic mass is 35.5. The van der Waals surface area contributed by atoms with Gasteiger partial charge in [-0.2, -0.15) is 0 Å². The van der Waals surface area contributed by atoms with Crippen molar-refractivity contribution in [3.05, 3.63) is 10.1 Å². The molecule has 0 fully saturated rings. The van der Waals surface area contributed by atoms with E-state index in [0.717, 1.165) is 6.42 Å². The second kappa shape index (κ2) is 7.65. The fourth-order valence-electron chi connectivity index (χ4n) is 0.385. The monoisotopic (exact) mass is 154 g/mol. The van der Waals surface area contributed by atoms with Gasteiger partial charge in [0.2, 0.25) is 6.54 Å². The number of hydrogen-bond acceptors (Lipinski definition) is 3. The molecule has 0 rings (SSSR count). The lowest BCUT2D eigenvalue weighted by atomic mass is 10.3. The number of nitrogens with two attached hydrogens (primary N) is 1. The van der Waals surface area contributed by atoms with Gasteiger partial charge in [0.05, 0.1) is 0 Å². The second-order valence-electron chi connectivity index (χ2n) is 1.55. The molecule has 56 valence electrons. The van der Waals surface area contributed by atoms with Crippen molar-refractivity contribution in [1.82, 2.24) is 0 Å². The minimum atomic E-state index is -0.324. The number of nitro groups is 1. The molecule has 0 atom stereocenters. The molecule has 0 spiro atoms. The zero-order chi connectivity index (χ0) is 6.41. The van der Waals surface area contributed by atoms with Crippen LogP contribution in [-0.4, -0.2) is 18.0 Å². The van der Waals surface area contributed by atoms with Gasteiger partial charge in [0.25, 0.3) is 0 Å². The fourth-order valence-corrected chi connectivity index (χ4v) is 0.385. The van der Waals surface area contributed by atoms with Crippen LogP contribution in [0, 0.1) is 10.1 Å². The summed E-state index contributed by atoms with van der Waals surface area (Å²) in [5.41, 5.74) is 5.09. The van der Waals surface area contributed by atoms with Crippen LogP contribution >= 0.6 is 12.4 Å². The van der Waals surface area contributed by atoms with Crippen molar-refractivity contribution in [2.24, 2.45) is 5.73 Å². The summed E-state index contributed by atoms with van der Waals surface area (Å²) >= 11 is 0. The number of unbranched alkanes of at least 4 members (excludes halogenated alkanes) is 1. The number of hydrogen-bond donors (Lipinski definition) is 1. The molecule has 0 unspecified atom stereocenters. The Bertz CT molecular complexity index is 79.0. The van der Waals surface area contributed by atoms with Crippen molar-refractivity contribution >= 4 is 12.4 Å². The highest BCUT2D eigenvalue weighted by Gasteiger charge is 1.92. The molecule has 0 radical (unpaired) electrons. The predicted octanol–water partition coefficient (Wildman–Crippen LogP) is 0.424. The molecule has 0 saturated carbocycles. The van der Waals surface area contributed by atoms with Crippen LogP contribution in [0.25, 0.3) is 0 Å². The van der Waals surface area contributed by atoms with Crippen LogP contribution in [0.3, 0.4) is 0 Å². The van der Waals surface area contributed by atoms with Gasteiger partial charge in [-0.05, 0) is 13.0 Å². The van der Waals surface area contributed by atoms with Crippen molar-refractivity contribution in [3.63, 3.8) is 0 Å². The zero-order valence-electron chi connectivity index (χ0n) is 5.08. The van der Waals surface area contributed by atoms with Gasteiger partial charge in [-0.25, -0.2) is 0 Å². The highest BCUT2D eigenvalue weighted by Crippen LogP contribution is 1.84. The van der Waals surface area contributed by atoms with E-state index in [1.54, 1.807) is 0 Å². The molecule has 0 aromatic heterocycles. The van der Waals surface area contributed by atoms with Crippen LogP contribution in [0.5, 0.6) is 0 Å². The fraction of sp³-hybridized carbons (Fsp3) is 1.00. The van der Waals surface area contributed by atoms with Crippen molar-refractivity contribution in [2.45, 2.75) is 12.8 Å². The summed E-state index contributed by atoms with van der Waals surface area (Å²) in [5, 5.41) is 9.64. The van der Waals surface area contributed by atoms with Gasteiger partial charge in [0.15, 0.2) is 0 Å². The molecule has 5 heteroatoms. The summed E-state index contributed by atoms with van der Waals surface area (Å²) < 4.78 is 0. The van der Waals surface area contributed by atoms with E-state index in [1.165, 1.54) is 0 Å². The Labute approximate surface area is 60.0 Å². The van der Waals surface area contributed by atoms with Crippen LogP contribution < -0.4 is 5.73 Å². The van der Waals surface area contributed by atoms with Crippen LogP contribution in [0.1, 0.15) is 12.8 Å². The molecule has 0 saturated heterocycles. The van der Waals surface area contributed by atoms with Gasteiger partial charge in [-0.1, -0.05) is 0 Å². The molecule has 9 heavy (non-hydrogen) atoms. The molecule has 0 amide bonds. The Balaban J connectivity index is 0. The Kier molecular flexibility index (Phi) is 9.73. The van der Waals surface area contributed by atoms with E-state index in [2.05, 4.69) is 0 Å². The lowest BCUT2D eigenvalue weighted by Crippen LogP contribution is -2.04. The first-order chi connectivity index (χ1) is 3.77. The summed E-state index contributed by atoms with van der Waals surface area (Å²) in [7, 11) is 0. The average molecular weight is 155 g/mol. The lowest BCUT2D eigenvalue weighted by Gasteiger charge is -1.88. The third-order valence-electron chi connectivity index (χ3n) is 0.795. The van der Waals surface area contributed by atoms with Crippen molar-refractivity contribution in [1.29, 1.82) is 0 Å². The van der Waals surface area contributed by atoms with Gasteiger partial charge >= 0.3 is 0 Å². The third kappa shape index (κ3) is 11.3. The molecule has 0 aromatic carbocycles. The van der Waals surface area contributed by atoms with Gasteiger partial charge in [0.1, 0.15) is 0 Å². The van der Waals surface area contributed by atoms with E-state index in [0.29, 0.717) is 13.0 Å². The quantitative estimate of drug-likeness (QED) is 0.363. The first kappa shape index (κ1) is 11.4. The Morgan fingerprint density at radius 3 is 2.33 bits per heavy atom. The molecule has 0 heterocycles. The first-order valence-corrected chi connectivity index (χ1v) is 2.59. The maximum Gasteiger partial charge on any atom is 0.203 e. The second-order valence-corrected chi connectivity index (χ2v) is 1.55. The van der Waals surface area contributed by atoms with Gasteiger partial charge in [-0.15, -0.1) is 12.4 Å². The van der Waals surface area contributed by atoms with E-state index >= 15 is 0 Å². The highest BCUT2D eigenvalue weighted by molar-refractivity contribution is 5.85. The Morgan fingerprint density at radius 1 is 1.44 bits per heavy atom. The van der Waals surface area contributed by atoms with E-state index < -0.39 is 0 Å². The van der Waals surface area contributed by atoms with Crippen LogP contribution in [-0.2, 0) is 0 Å². The van der Waals surface area contributed by atoms with Gasteiger partial charge < -0.3 is 5.73 Å². The Hall–Kier alpha value is -0.350. The number of nitrogens with zero attached hydrogens (tertiary/aromatic N) is 1. The minimum Gasteiger partial charge on any atom is -0.330 e. The average Bonchev–Trinajstić information content (AvgIpc) is 1.66. The maximum absolute atomic E-state index is 9.64. The molecule has 4 nitrogen and oxygen atoms in total. The third-order valence-corrected chi connectivity index (χ3v) is 0.795. The maximum atomic E-state index is 9.64. The van der Waals surface area contributed by atoms with Gasteiger partial charge in [0, 0.05) is 11.3 Å². The summed E-state index contributed by atoms with van der Waals surface area (Å²) in [6.07, 6.45) is 1.35. The van der Waals surface area contributed by atoms with Crippen LogP contribution in [0.2, 0.25) is 0 Å². The normalized spacial score (nSPS) is 8.11. The Morgan fingerprint density at radius 2 is 2.00 bits per heavy atom. The molecular weight excluding hydrogens is 144 g/mol. The summed E-state index contributed by atoms with van der Waals surface area (Å²) in [5.74, 6) is 0. The van der Waals surface area contributed by atoms with Crippen molar-refractivity contribution < 1.29 is 4.92 Å². The largest absolute Gasteiger partial charge is 0.330 e. The van der Waals surface area contributed by atoms with Crippen molar-refractivity contribution in [3.8, 4) is 0 Å². The molecule has 2 N–H and O–H groups in total. The molecule has 0 aliphatic rings. The molecule has 0 bridgehead atoms. The minimum absolute atomic E-state index is 0. The molecular formula is C4H11ClN2O2. The van der Waals surface area contributed by atoms with E-state index in [1.807, 2.05) is 0 Å². The van der Waals surface area contributed by atoms with E-state index in [-0.39, 0.29) is 23.9 Å². The smallest absolute Gasteiger partial charge is 0.203 e. The topological polar surface area (TPSA) is 69.2 Å². The molecule has 0 aliphatic carbocycles.